The van der Waals surface area contributed by atoms with Gasteiger partial charge in [0.2, 0.25) is 0 Å². The van der Waals surface area contributed by atoms with Gasteiger partial charge in [-0.2, -0.15) is 0 Å². The Labute approximate surface area is 121 Å². The highest BCUT2D eigenvalue weighted by Crippen LogP contribution is 2.29. The maximum Gasteiger partial charge on any atom is 0.326 e. The number of rotatable bonds is 4. The van der Waals surface area contributed by atoms with E-state index in [4.69, 9.17) is 0 Å². The number of amides is 2. The predicted octanol–water partition coefficient (Wildman–Crippen LogP) is 2.71. The molecule has 1 aliphatic rings. The zero-order valence-electron chi connectivity index (χ0n) is 13.1. The molecule has 0 aliphatic carbocycles. The SMILES string of the molecule is CC(C)CC(NC(=O)N1CCCC(C)(C)CC1)C(=O)O. The van der Waals surface area contributed by atoms with Gasteiger partial charge in [-0.25, -0.2) is 9.59 Å². The number of nitrogens with zero attached hydrogens (tertiary/aromatic N) is 1. The van der Waals surface area contributed by atoms with Gasteiger partial charge in [-0.1, -0.05) is 27.7 Å². The van der Waals surface area contributed by atoms with E-state index < -0.39 is 12.0 Å². The van der Waals surface area contributed by atoms with E-state index in [1.54, 1.807) is 4.90 Å². The van der Waals surface area contributed by atoms with Crippen LogP contribution in [0.25, 0.3) is 0 Å². The lowest BCUT2D eigenvalue weighted by Crippen LogP contribution is -2.48. The number of aliphatic carboxylic acids is 1. The molecule has 1 heterocycles. The Morgan fingerprint density at radius 3 is 2.45 bits per heavy atom. The van der Waals surface area contributed by atoms with Crippen molar-refractivity contribution in [1.82, 2.24) is 10.2 Å². The normalized spacial score (nSPS) is 20.4. The molecule has 1 rings (SSSR count). The summed E-state index contributed by atoms with van der Waals surface area (Å²) in [6, 6.07) is -1.03. The third-order valence-electron chi connectivity index (χ3n) is 3.93. The largest absolute Gasteiger partial charge is 0.480 e. The van der Waals surface area contributed by atoms with Gasteiger partial charge in [-0.05, 0) is 37.0 Å². The van der Waals surface area contributed by atoms with Crippen LogP contribution in [0.2, 0.25) is 0 Å². The Balaban J connectivity index is 2.58. The Kier molecular flexibility index (Phi) is 5.84. The second-order valence-corrected chi connectivity index (χ2v) is 6.97. The average molecular weight is 284 g/mol. The molecule has 5 heteroatoms. The van der Waals surface area contributed by atoms with Crippen molar-refractivity contribution < 1.29 is 14.7 Å². The number of carboxylic acids is 1. The second kappa shape index (κ2) is 6.95. The lowest BCUT2D eigenvalue weighted by atomic mass is 9.85. The summed E-state index contributed by atoms with van der Waals surface area (Å²) in [5, 5.41) is 11.8. The minimum Gasteiger partial charge on any atom is -0.480 e. The van der Waals surface area contributed by atoms with Crippen molar-refractivity contribution in [2.24, 2.45) is 11.3 Å². The fourth-order valence-corrected chi connectivity index (χ4v) is 2.56. The smallest absolute Gasteiger partial charge is 0.326 e. The van der Waals surface area contributed by atoms with E-state index in [9.17, 15) is 14.7 Å². The van der Waals surface area contributed by atoms with E-state index in [1.165, 1.54) is 0 Å². The highest BCUT2D eigenvalue weighted by Gasteiger charge is 2.28. The van der Waals surface area contributed by atoms with Crippen LogP contribution >= 0.6 is 0 Å². The van der Waals surface area contributed by atoms with Crippen LogP contribution in [-0.4, -0.2) is 41.1 Å². The first-order valence-corrected chi connectivity index (χ1v) is 7.49. The van der Waals surface area contributed by atoms with Gasteiger partial charge >= 0.3 is 12.0 Å². The molecule has 0 aromatic heterocycles. The van der Waals surface area contributed by atoms with Crippen LogP contribution in [-0.2, 0) is 4.79 Å². The van der Waals surface area contributed by atoms with Gasteiger partial charge in [-0.3, -0.25) is 0 Å². The number of hydrogen-bond donors (Lipinski definition) is 2. The topological polar surface area (TPSA) is 69.6 Å². The number of likely N-dealkylation sites (tertiary alicyclic amines) is 1. The average Bonchev–Trinajstić information content (AvgIpc) is 2.48. The summed E-state index contributed by atoms with van der Waals surface area (Å²) >= 11 is 0. The van der Waals surface area contributed by atoms with Crippen molar-refractivity contribution in [1.29, 1.82) is 0 Å². The lowest BCUT2D eigenvalue weighted by molar-refractivity contribution is -0.139. The third-order valence-corrected chi connectivity index (χ3v) is 3.93. The maximum absolute atomic E-state index is 12.2. The first kappa shape index (κ1) is 16.8. The van der Waals surface area contributed by atoms with Crippen molar-refractivity contribution in [2.45, 2.75) is 59.4 Å². The van der Waals surface area contributed by atoms with E-state index in [2.05, 4.69) is 19.2 Å². The van der Waals surface area contributed by atoms with Crippen LogP contribution in [0.3, 0.4) is 0 Å². The summed E-state index contributed by atoms with van der Waals surface area (Å²) in [6.07, 6.45) is 3.50. The number of carboxylic acid groups (broad SMARTS) is 1. The highest BCUT2D eigenvalue weighted by atomic mass is 16.4. The number of carbonyl (C=O) groups excluding carboxylic acids is 1. The molecule has 20 heavy (non-hydrogen) atoms. The zero-order valence-corrected chi connectivity index (χ0v) is 13.1. The number of nitrogens with one attached hydrogen (secondary N) is 1. The molecule has 0 aromatic rings. The zero-order chi connectivity index (χ0) is 15.3. The molecule has 0 aromatic carbocycles. The highest BCUT2D eigenvalue weighted by molar-refractivity contribution is 5.82. The molecule has 0 saturated carbocycles. The number of urea groups is 1. The Hall–Kier alpha value is -1.26. The first-order chi connectivity index (χ1) is 9.21. The molecule has 5 nitrogen and oxygen atoms in total. The Morgan fingerprint density at radius 1 is 1.25 bits per heavy atom. The van der Waals surface area contributed by atoms with Crippen LogP contribution < -0.4 is 5.32 Å². The van der Waals surface area contributed by atoms with Crippen molar-refractivity contribution >= 4 is 12.0 Å². The van der Waals surface area contributed by atoms with Crippen molar-refractivity contribution in [2.75, 3.05) is 13.1 Å². The van der Waals surface area contributed by atoms with E-state index in [1.807, 2.05) is 13.8 Å². The molecule has 116 valence electrons. The van der Waals surface area contributed by atoms with Gasteiger partial charge in [0, 0.05) is 13.1 Å². The molecular weight excluding hydrogens is 256 g/mol. The molecule has 2 N–H and O–H groups in total. The van der Waals surface area contributed by atoms with Crippen LogP contribution in [0.5, 0.6) is 0 Å². The predicted molar refractivity (Wildman–Crippen MR) is 78.6 cm³/mol. The monoisotopic (exact) mass is 284 g/mol. The third kappa shape index (κ3) is 5.39. The van der Waals surface area contributed by atoms with Crippen molar-refractivity contribution in [3.05, 3.63) is 0 Å². The van der Waals surface area contributed by atoms with Crippen LogP contribution in [0.1, 0.15) is 53.4 Å². The summed E-state index contributed by atoms with van der Waals surface area (Å²) in [4.78, 5) is 25.2. The fourth-order valence-electron chi connectivity index (χ4n) is 2.56. The molecule has 0 bridgehead atoms. The molecule has 0 radical (unpaired) electrons. The molecule has 1 aliphatic heterocycles. The minimum absolute atomic E-state index is 0.236. The summed E-state index contributed by atoms with van der Waals surface area (Å²) < 4.78 is 0. The van der Waals surface area contributed by atoms with Gasteiger partial charge < -0.3 is 15.3 Å². The molecule has 1 fully saturated rings. The fraction of sp³-hybridized carbons (Fsp3) is 0.867. The van der Waals surface area contributed by atoms with E-state index in [0.717, 1.165) is 19.3 Å². The summed E-state index contributed by atoms with van der Waals surface area (Å²) in [5.74, 6) is -0.721. The second-order valence-electron chi connectivity index (χ2n) is 6.97. The molecule has 1 atom stereocenters. The molecular formula is C15H28N2O3. The molecule has 1 saturated heterocycles. The quantitative estimate of drug-likeness (QED) is 0.834. The first-order valence-electron chi connectivity index (χ1n) is 7.49. The summed E-state index contributed by atoms with van der Waals surface area (Å²) in [7, 11) is 0. The summed E-state index contributed by atoms with van der Waals surface area (Å²) in [6.45, 7) is 9.75. The van der Waals surface area contributed by atoms with Crippen LogP contribution in [0.4, 0.5) is 4.79 Å². The van der Waals surface area contributed by atoms with Crippen LogP contribution in [0, 0.1) is 11.3 Å². The standard InChI is InChI=1S/C15H28N2O3/c1-11(2)10-12(13(18)19)16-14(20)17-8-5-6-15(3,4)7-9-17/h11-12H,5-10H2,1-4H3,(H,16,20)(H,18,19). The minimum atomic E-state index is -0.956. The summed E-state index contributed by atoms with van der Waals surface area (Å²) in [5.41, 5.74) is 0.263. The molecule has 0 spiro atoms. The number of carbonyl (C=O) groups is 2. The van der Waals surface area contributed by atoms with Gasteiger partial charge in [0.05, 0.1) is 0 Å². The number of hydrogen-bond acceptors (Lipinski definition) is 2. The van der Waals surface area contributed by atoms with E-state index in [0.29, 0.717) is 19.5 Å². The Bertz CT molecular complexity index is 353. The maximum atomic E-state index is 12.2. The van der Waals surface area contributed by atoms with Crippen LogP contribution in [0.15, 0.2) is 0 Å². The molecule has 1 unspecified atom stereocenters. The van der Waals surface area contributed by atoms with Gasteiger partial charge in [0.25, 0.3) is 0 Å². The Morgan fingerprint density at radius 2 is 1.90 bits per heavy atom. The molecule has 2 amide bonds. The lowest BCUT2D eigenvalue weighted by Gasteiger charge is -2.25. The van der Waals surface area contributed by atoms with Gasteiger partial charge in [0.15, 0.2) is 0 Å². The van der Waals surface area contributed by atoms with E-state index >= 15 is 0 Å². The van der Waals surface area contributed by atoms with Gasteiger partial charge in [0.1, 0.15) is 6.04 Å². The van der Waals surface area contributed by atoms with Crippen molar-refractivity contribution in [3.63, 3.8) is 0 Å². The van der Waals surface area contributed by atoms with Gasteiger partial charge in [-0.15, -0.1) is 0 Å². The van der Waals surface area contributed by atoms with E-state index in [-0.39, 0.29) is 17.4 Å². The van der Waals surface area contributed by atoms with Crippen molar-refractivity contribution in [3.8, 4) is 0 Å².